The van der Waals surface area contributed by atoms with Crippen LogP contribution in [0.1, 0.15) is 36.5 Å². The number of carbonyl (C=O) groups excluding carboxylic acids is 2. The number of halogens is 1. The average molecular weight is 327 g/mol. The van der Waals surface area contributed by atoms with Gasteiger partial charge in [0.15, 0.2) is 0 Å². The van der Waals surface area contributed by atoms with Crippen molar-refractivity contribution in [2.24, 2.45) is 5.92 Å². The summed E-state index contributed by atoms with van der Waals surface area (Å²) in [5, 5.41) is 6.15. The molecule has 1 aliphatic rings. The van der Waals surface area contributed by atoms with Crippen molar-refractivity contribution in [1.82, 2.24) is 5.32 Å². The van der Waals surface area contributed by atoms with Gasteiger partial charge >= 0.3 is 5.97 Å². The Morgan fingerprint density at radius 1 is 1.32 bits per heavy atom. The Labute approximate surface area is 137 Å². The van der Waals surface area contributed by atoms with Crippen molar-refractivity contribution >= 4 is 30.0 Å². The molecule has 22 heavy (non-hydrogen) atoms. The van der Waals surface area contributed by atoms with Crippen LogP contribution in [0.4, 0.5) is 5.69 Å². The number of anilines is 1. The van der Waals surface area contributed by atoms with Gasteiger partial charge in [-0.05, 0) is 63.0 Å². The molecule has 0 spiro atoms. The number of hydrogen-bond acceptors (Lipinski definition) is 4. The Kier molecular flexibility index (Phi) is 7.91. The van der Waals surface area contributed by atoms with Gasteiger partial charge in [0.2, 0.25) is 5.91 Å². The van der Waals surface area contributed by atoms with Crippen LogP contribution in [0.25, 0.3) is 0 Å². The van der Waals surface area contributed by atoms with Gasteiger partial charge in [0.25, 0.3) is 0 Å². The van der Waals surface area contributed by atoms with E-state index in [1.165, 1.54) is 0 Å². The van der Waals surface area contributed by atoms with Crippen LogP contribution in [-0.2, 0) is 9.53 Å². The molecule has 1 unspecified atom stereocenters. The summed E-state index contributed by atoms with van der Waals surface area (Å²) in [6, 6.07) is 6.77. The highest BCUT2D eigenvalue weighted by molar-refractivity contribution is 5.93. The normalized spacial score (nSPS) is 16.7. The summed E-state index contributed by atoms with van der Waals surface area (Å²) in [6.45, 7) is 4.20. The number of carbonyl (C=O) groups is 2. The standard InChI is InChI=1S/C16H22N2O3.ClH/c1-2-21-16(20)13-4-6-14(7-5-13)18-15(19)8-3-12-9-10-17-11-12;/h4-7,12,17H,2-3,8-11H2,1H3,(H,18,19);1H. The van der Waals surface area contributed by atoms with Crippen LogP contribution in [-0.4, -0.2) is 31.6 Å². The van der Waals surface area contributed by atoms with E-state index in [4.69, 9.17) is 4.74 Å². The second-order valence-electron chi connectivity index (χ2n) is 5.24. The summed E-state index contributed by atoms with van der Waals surface area (Å²) in [6.07, 6.45) is 2.60. The lowest BCUT2D eigenvalue weighted by molar-refractivity contribution is -0.116. The van der Waals surface area contributed by atoms with Gasteiger partial charge in [-0.25, -0.2) is 4.79 Å². The highest BCUT2D eigenvalue weighted by Crippen LogP contribution is 2.16. The third-order valence-corrected chi connectivity index (χ3v) is 3.62. The minimum atomic E-state index is -0.343. The van der Waals surface area contributed by atoms with E-state index in [0.29, 0.717) is 30.2 Å². The van der Waals surface area contributed by atoms with Crippen LogP contribution in [0.2, 0.25) is 0 Å². The topological polar surface area (TPSA) is 67.4 Å². The summed E-state index contributed by atoms with van der Waals surface area (Å²) >= 11 is 0. The maximum absolute atomic E-state index is 11.9. The van der Waals surface area contributed by atoms with Crippen molar-refractivity contribution in [3.8, 4) is 0 Å². The first-order valence-corrected chi connectivity index (χ1v) is 7.46. The van der Waals surface area contributed by atoms with Gasteiger partial charge in [-0.2, -0.15) is 0 Å². The number of nitrogens with one attached hydrogen (secondary N) is 2. The number of ether oxygens (including phenoxy) is 1. The van der Waals surface area contributed by atoms with Gasteiger partial charge in [-0.1, -0.05) is 0 Å². The summed E-state index contributed by atoms with van der Waals surface area (Å²) in [5.74, 6) is 0.289. The molecule has 2 rings (SSSR count). The fourth-order valence-electron chi connectivity index (χ4n) is 2.42. The maximum atomic E-state index is 11.9. The highest BCUT2D eigenvalue weighted by atomic mass is 35.5. The van der Waals surface area contributed by atoms with Gasteiger partial charge in [0.1, 0.15) is 0 Å². The molecule has 1 aromatic carbocycles. The van der Waals surface area contributed by atoms with Crippen molar-refractivity contribution in [2.75, 3.05) is 25.0 Å². The highest BCUT2D eigenvalue weighted by Gasteiger charge is 2.15. The van der Waals surface area contributed by atoms with E-state index in [9.17, 15) is 9.59 Å². The molecule has 1 aromatic rings. The van der Waals surface area contributed by atoms with Gasteiger partial charge in [-0.3, -0.25) is 4.79 Å². The zero-order valence-corrected chi connectivity index (χ0v) is 13.6. The van der Waals surface area contributed by atoms with E-state index in [-0.39, 0.29) is 24.3 Å². The molecule has 1 atom stereocenters. The minimum absolute atomic E-state index is 0. The van der Waals surface area contributed by atoms with Gasteiger partial charge < -0.3 is 15.4 Å². The minimum Gasteiger partial charge on any atom is -0.462 e. The van der Waals surface area contributed by atoms with E-state index in [2.05, 4.69) is 10.6 Å². The van der Waals surface area contributed by atoms with Gasteiger partial charge in [0, 0.05) is 12.1 Å². The Hall–Kier alpha value is -1.59. The van der Waals surface area contributed by atoms with Crippen LogP contribution >= 0.6 is 12.4 Å². The summed E-state index contributed by atoms with van der Waals surface area (Å²) in [4.78, 5) is 23.4. The van der Waals surface area contributed by atoms with Crippen molar-refractivity contribution in [3.63, 3.8) is 0 Å². The number of benzene rings is 1. The van der Waals surface area contributed by atoms with Crippen molar-refractivity contribution in [3.05, 3.63) is 29.8 Å². The molecular weight excluding hydrogens is 304 g/mol. The molecule has 5 nitrogen and oxygen atoms in total. The molecule has 1 amide bonds. The smallest absolute Gasteiger partial charge is 0.338 e. The monoisotopic (exact) mass is 326 g/mol. The number of rotatable bonds is 6. The first-order valence-electron chi connectivity index (χ1n) is 7.46. The zero-order valence-electron chi connectivity index (χ0n) is 12.8. The summed E-state index contributed by atoms with van der Waals surface area (Å²) in [5.41, 5.74) is 1.20. The third-order valence-electron chi connectivity index (χ3n) is 3.62. The van der Waals surface area contributed by atoms with Crippen LogP contribution in [0.15, 0.2) is 24.3 Å². The van der Waals surface area contributed by atoms with Crippen LogP contribution < -0.4 is 10.6 Å². The predicted octanol–water partition coefficient (Wildman–Crippen LogP) is 2.61. The van der Waals surface area contributed by atoms with Crippen molar-refractivity contribution in [1.29, 1.82) is 0 Å². The second kappa shape index (κ2) is 9.43. The fourth-order valence-corrected chi connectivity index (χ4v) is 2.42. The van der Waals surface area contributed by atoms with Crippen LogP contribution in [0.3, 0.4) is 0 Å². The first-order chi connectivity index (χ1) is 10.2. The summed E-state index contributed by atoms with van der Waals surface area (Å²) in [7, 11) is 0. The average Bonchev–Trinajstić information content (AvgIpc) is 2.99. The fraction of sp³-hybridized carbons (Fsp3) is 0.500. The zero-order chi connectivity index (χ0) is 15.1. The molecule has 0 bridgehead atoms. The lowest BCUT2D eigenvalue weighted by Crippen LogP contribution is -2.15. The molecule has 122 valence electrons. The molecule has 1 aliphatic heterocycles. The Morgan fingerprint density at radius 2 is 2.05 bits per heavy atom. The first kappa shape index (κ1) is 18.5. The Balaban J connectivity index is 0.00000242. The largest absolute Gasteiger partial charge is 0.462 e. The number of amides is 1. The van der Waals surface area contributed by atoms with Crippen LogP contribution in [0, 0.1) is 5.92 Å². The third kappa shape index (κ3) is 5.66. The lowest BCUT2D eigenvalue weighted by Gasteiger charge is -2.09. The SMILES string of the molecule is CCOC(=O)c1ccc(NC(=O)CCC2CCNC2)cc1.Cl. The van der Waals surface area contributed by atoms with Crippen molar-refractivity contribution in [2.45, 2.75) is 26.2 Å². The molecule has 0 aromatic heterocycles. The molecule has 1 fully saturated rings. The predicted molar refractivity (Wildman–Crippen MR) is 88.5 cm³/mol. The summed E-state index contributed by atoms with van der Waals surface area (Å²) < 4.78 is 4.91. The van der Waals surface area contributed by atoms with Crippen LogP contribution in [0.5, 0.6) is 0 Å². The second-order valence-corrected chi connectivity index (χ2v) is 5.24. The van der Waals surface area contributed by atoms with E-state index in [1.807, 2.05) is 0 Å². The molecule has 2 N–H and O–H groups in total. The number of esters is 1. The van der Waals surface area contributed by atoms with Gasteiger partial charge in [0.05, 0.1) is 12.2 Å². The Morgan fingerprint density at radius 3 is 2.64 bits per heavy atom. The molecular formula is C16H23ClN2O3. The van der Waals surface area contributed by atoms with E-state index in [0.717, 1.165) is 25.9 Å². The molecule has 1 saturated heterocycles. The molecule has 0 aliphatic carbocycles. The molecule has 0 saturated carbocycles. The van der Waals surface area contributed by atoms with E-state index >= 15 is 0 Å². The van der Waals surface area contributed by atoms with Crippen molar-refractivity contribution < 1.29 is 14.3 Å². The van der Waals surface area contributed by atoms with E-state index < -0.39 is 0 Å². The maximum Gasteiger partial charge on any atom is 0.338 e. The molecule has 6 heteroatoms. The lowest BCUT2D eigenvalue weighted by atomic mass is 10.0. The van der Waals surface area contributed by atoms with Gasteiger partial charge in [-0.15, -0.1) is 12.4 Å². The number of hydrogen-bond donors (Lipinski definition) is 2. The molecule has 0 radical (unpaired) electrons. The Bertz CT molecular complexity index is 485. The van der Waals surface area contributed by atoms with E-state index in [1.54, 1.807) is 31.2 Å². The molecule has 1 heterocycles. The quantitative estimate of drug-likeness (QED) is 0.789.